The van der Waals surface area contributed by atoms with Gasteiger partial charge in [0.1, 0.15) is 11.6 Å². The fourth-order valence-electron chi connectivity index (χ4n) is 2.70. The van der Waals surface area contributed by atoms with Crippen LogP contribution in [0.2, 0.25) is 0 Å². The molecule has 0 amide bonds. The first-order chi connectivity index (χ1) is 11.7. The second kappa shape index (κ2) is 5.81. The molecule has 0 fully saturated rings. The molecule has 0 unspecified atom stereocenters. The largest absolute Gasteiger partial charge is 0.340 e. The van der Waals surface area contributed by atoms with Crippen molar-refractivity contribution in [2.24, 2.45) is 0 Å². The first-order valence-electron chi connectivity index (χ1n) is 7.78. The predicted octanol–water partition coefficient (Wildman–Crippen LogP) is 5.22. The lowest BCUT2D eigenvalue weighted by Gasteiger charge is -2.11. The number of rotatable bonds is 3. The van der Waals surface area contributed by atoms with Gasteiger partial charge in [0.15, 0.2) is 0 Å². The number of fused-ring (bicyclic) bond motifs is 1. The Morgan fingerprint density at radius 2 is 1.58 bits per heavy atom. The highest BCUT2D eigenvalue weighted by molar-refractivity contribution is 5.92. The van der Waals surface area contributed by atoms with Crippen molar-refractivity contribution in [2.75, 3.05) is 5.32 Å². The van der Waals surface area contributed by atoms with Crippen molar-refractivity contribution in [3.05, 3.63) is 84.2 Å². The highest BCUT2D eigenvalue weighted by Crippen LogP contribution is 2.29. The monoisotopic (exact) mass is 317 g/mol. The first-order valence-corrected chi connectivity index (χ1v) is 7.78. The van der Waals surface area contributed by atoms with E-state index in [1.165, 1.54) is 17.7 Å². The minimum absolute atomic E-state index is 0.261. The second-order valence-corrected chi connectivity index (χ2v) is 5.75. The number of hydrogen-bond acceptors (Lipinski definition) is 2. The molecule has 4 heteroatoms. The van der Waals surface area contributed by atoms with Crippen LogP contribution in [-0.4, -0.2) is 9.78 Å². The van der Waals surface area contributed by atoms with Crippen LogP contribution in [0.5, 0.6) is 0 Å². The van der Waals surface area contributed by atoms with Crippen molar-refractivity contribution < 1.29 is 4.39 Å². The average molecular weight is 317 g/mol. The van der Waals surface area contributed by atoms with Gasteiger partial charge in [0, 0.05) is 11.1 Å². The van der Waals surface area contributed by atoms with Crippen LogP contribution in [0.1, 0.15) is 5.56 Å². The highest BCUT2D eigenvalue weighted by atomic mass is 19.1. The molecule has 1 heterocycles. The van der Waals surface area contributed by atoms with Crippen LogP contribution in [0.3, 0.4) is 0 Å². The number of nitrogens with zero attached hydrogens (tertiary/aromatic N) is 2. The van der Waals surface area contributed by atoms with Gasteiger partial charge in [-0.3, -0.25) is 0 Å². The second-order valence-electron chi connectivity index (χ2n) is 5.75. The molecule has 24 heavy (non-hydrogen) atoms. The summed E-state index contributed by atoms with van der Waals surface area (Å²) < 4.78 is 15.1. The SMILES string of the molecule is Cc1ccc(Nc2c3ccccc3nn2-c2ccc(F)cc2)cc1. The molecule has 4 rings (SSSR count). The molecule has 0 saturated carbocycles. The number of anilines is 2. The zero-order valence-corrected chi connectivity index (χ0v) is 13.2. The molecule has 0 aliphatic heterocycles. The van der Waals surface area contributed by atoms with E-state index in [-0.39, 0.29) is 5.82 Å². The van der Waals surface area contributed by atoms with Gasteiger partial charge in [0.2, 0.25) is 0 Å². The van der Waals surface area contributed by atoms with Gasteiger partial charge in [-0.2, -0.15) is 5.10 Å². The van der Waals surface area contributed by atoms with E-state index in [1.807, 2.05) is 41.1 Å². The van der Waals surface area contributed by atoms with E-state index in [9.17, 15) is 4.39 Å². The molecular weight excluding hydrogens is 301 g/mol. The standard InChI is InChI=1S/C20H16FN3/c1-14-6-10-16(11-7-14)22-20-18-4-2-3-5-19(18)23-24(20)17-12-8-15(21)9-13-17/h2-13,22H,1H3. The fraction of sp³-hybridized carbons (Fsp3) is 0.0500. The van der Waals surface area contributed by atoms with Gasteiger partial charge >= 0.3 is 0 Å². The first kappa shape index (κ1) is 14.5. The molecule has 1 N–H and O–H groups in total. The Morgan fingerprint density at radius 3 is 2.33 bits per heavy atom. The molecule has 0 aliphatic carbocycles. The van der Waals surface area contributed by atoms with Crippen LogP contribution in [0.4, 0.5) is 15.9 Å². The van der Waals surface area contributed by atoms with Gasteiger partial charge in [0.25, 0.3) is 0 Å². The van der Waals surface area contributed by atoms with Crippen LogP contribution in [-0.2, 0) is 0 Å². The van der Waals surface area contributed by atoms with Gasteiger partial charge in [-0.1, -0.05) is 29.8 Å². The molecule has 1 aromatic heterocycles. The molecular formula is C20H16FN3. The van der Waals surface area contributed by atoms with E-state index < -0.39 is 0 Å². The predicted molar refractivity (Wildman–Crippen MR) is 95.5 cm³/mol. The number of aryl methyl sites for hydroxylation is 1. The smallest absolute Gasteiger partial charge is 0.142 e. The minimum atomic E-state index is -0.261. The third kappa shape index (κ3) is 2.63. The van der Waals surface area contributed by atoms with Crippen molar-refractivity contribution in [1.82, 2.24) is 9.78 Å². The summed E-state index contributed by atoms with van der Waals surface area (Å²) in [6.45, 7) is 2.06. The molecule has 118 valence electrons. The summed E-state index contributed by atoms with van der Waals surface area (Å²) in [5.41, 5.74) is 3.88. The summed E-state index contributed by atoms with van der Waals surface area (Å²) >= 11 is 0. The number of nitrogens with one attached hydrogen (secondary N) is 1. The van der Waals surface area contributed by atoms with Gasteiger partial charge in [0.05, 0.1) is 11.2 Å². The normalized spacial score (nSPS) is 10.9. The molecule has 0 bridgehead atoms. The summed E-state index contributed by atoms with van der Waals surface area (Å²) in [4.78, 5) is 0. The van der Waals surface area contributed by atoms with Gasteiger partial charge in [-0.25, -0.2) is 9.07 Å². The third-order valence-corrected chi connectivity index (χ3v) is 3.96. The summed E-state index contributed by atoms with van der Waals surface area (Å²) in [6.07, 6.45) is 0. The molecule has 3 aromatic carbocycles. The Hall–Kier alpha value is -3.14. The number of aromatic nitrogens is 2. The maximum atomic E-state index is 13.2. The quantitative estimate of drug-likeness (QED) is 0.561. The lowest BCUT2D eigenvalue weighted by Crippen LogP contribution is -2.02. The molecule has 0 aliphatic rings. The van der Waals surface area contributed by atoms with Crippen LogP contribution < -0.4 is 5.32 Å². The van der Waals surface area contributed by atoms with E-state index >= 15 is 0 Å². The number of benzene rings is 3. The maximum absolute atomic E-state index is 13.2. The van der Waals surface area contributed by atoms with Crippen LogP contribution in [0.15, 0.2) is 72.8 Å². The van der Waals surface area contributed by atoms with E-state index in [0.717, 1.165) is 28.1 Å². The fourth-order valence-corrected chi connectivity index (χ4v) is 2.70. The molecule has 0 saturated heterocycles. The van der Waals surface area contributed by atoms with Crippen molar-refractivity contribution in [3.63, 3.8) is 0 Å². The Kier molecular flexibility index (Phi) is 3.50. The Bertz CT molecular complexity index is 986. The van der Waals surface area contributed by atoms with E-state index in [4.69, 9.17) is 0 Å². The third-order valence-electron chi connectivity index (χ3n) is 3.96. The van der Waals surface area contributed by atoms with Crippen molar-refractivity contribution >= 4 is 22.4 Å². The summed E-state index contributed by atoms with van der Waals surface area (Å²) in [5.74, 6) is 0.601. The van der Waals surface area contributed by atoms with E-state index in [1.54, 1.807) is 12.1 Å². The summed E-state index contributed by atoms with van der Waals surface area (Å²) in [6, 6.07) is 22.5. The Balaban J connectivity index is 1.86. The Labute approximate surface area is 139 Å². The topological polar surface area (TPSA) is 29.9 Å². The van der Waals surface area contributed by atoms with Crippen LogP contribution in [0, 0.1) is 12.7 Å². The Morgan fingerprint density at radius 1 is 0.875 bits per heavy atom. The van der Waals surface area contributed by atoms with Gasteiger partial charge < -0.3 is 5.32 Å². The van der Waals surface area contributed by atoms with Crippen molar-refractivity contribution in [3.8, 4) is 5.69 Å². The zero-order valence-electron chi connectivity index (χ0n) is 13.2. The summed E-state index contributed by atoms with van der Waals surface area (Å²) in [5, 5.41) is 9.12. The van der Waals surface area contributed by atoms with Crippen LogP contribution in [0.25, 0.3) is 16.6 Å². The molecule has 0 spiro atoms. The zero-order chi connectivity index (χ0) is 16.5. The maximum Gasteiger partial charge on any atom is 0.142 e. The lowest BCUT2D eigenvalue weighted by molar-refractivity contribution is 0.627. The number of halogens is 1. The molecule has 0 radical (unpaired) electrons. The number of hydrogen-bond donors (Lipinski definition) is 1. The van der Waals surface area contributed by atoms with Crippen molar-refractivity contribution in [1.29, 1.82) is 0 Å². The molecule has 4 aromatic rings. The minimum Gasteiger partial charge on any atom is -0.340 e. The van der Waals surface area contributed by atoms with Crippen LogP contribution >= 0.6 is 0 Å². The van der Waals surface area contributed by atoms with Gasteiger partial charge in [-0.15, -0.1) is 0 Å². The summed E-state index contributed by atoms with van der Waals surface area (Å²) in [7, 11) is 0. The van der Waals surface area contributed by atoms with Crippen molar-refractivity contribution in [2.45, 2.75) is 6.92 Å². The van der Waals surface area contributed by atoms with E-state index in [0.29, 0.717) is 0 Å². The van der Waals surface area contributed by atoms with E-state index in [2.05, 4.69) is 29.5 Å². The average Bonchev–Trinajstić information content (AvgIpc) is 2.96. The highest BCUT2D eigenvalue weighted by Gasteiger charge is 2.12. The lowest BCUT2D eigenvalue weighted by atomic mass is 10.2. The van der Waals surface area contributed by atoms with Gasteiger partial charge in [-0.05, 0) is 55.5 Å². The molecule has 3 nitrogen and oxygen atoms in total. The molecule has 0 atom stereocenters.